The fraction of sp³-hybridized carbons (Fsp3) is 0.929. The summed E-state index contributed by atoms with van der Waals surface area (Å²) >= 11 is 0. The molecule has 96 valence electrons. The lowest BCUT2D eigenvalue weighted by molar-refractivity contribution is 0.181. The summed E-state index contributed by atoms with van der Waals surface area (Å²) in [5.74, 6) is 1.05. The number of hydrogen-bond donors (Lipinski definition) is 1. The topological polar surface area (TPSA) is 39.1 Å². The predicted octanol–water partition coefficient (Wildman–Crippen LogP) is 2.00. The number of likely N-dealkylation sites (tertiary alicyclic amines) is 1. The van der Waals surface area contributed by atoms with E-state index in [2.05, 4.69) is 30.3 Å². The molecule has 2 rings (SSSR count). The van der Waals surface area contributed by atoms with Crippen molar-refractivity contribution in [2.45, 2.75) is 51.1 Å². The third-order valence-electron chi connectivity index (χ3n) is 4.63. The number of nitriles is 1. The second kappa shape index (κ2) is 5.84. The molecule has 1 saturated heterocycles. The highest BCUT2D eigenvalue weighted by molar-refractivity contribution is 4.97. The molecule has 17 heavy (non-hydrogen) atoms. The lowest BCUT2D eigenvalue weighted by Gasteiger charge is -2.34. The number of piperidine rings is 1. The third kappa shape index (κ3) is 3.20. The van der Waals surface area contributed by atoms with Crippen LogP contribution in [0, 0.1) is 23.2 Å². The number of nitrogens with one attached hydrogen (secondary N) is 1. The highest BCUT2D eigenvalue weighted by Gasteiger charge is 2.30. The van der Waals surface area contributed by atoms with E-state index < -0.39 is 0 Å². The van der Waals surface area contributed by atoms with E-state index in [1.54, 1.807) is 0 Å². The van der Waals surface area contributed by atoms with Crippen molar-refractivity contribution in [3.8, 4) is 6.07 Å². The molecular weight excluding hydrogens is 210 g/mol. The summed E-state index contributed by atoms with van der Waals surface area (Å²) in [5.41, 5.74) is 0. The van der Waals surface area contributed by atoms with Gasteiger partial charge in [0.05, 0.1) is 12.0 Å². The molecule has 0 aromatic heterocycles. The Morgan fingerprint density at radius 2 is 1.94 bits per heavy atom. The molecule has 1 N–H and O–H groups in total. The van der Waals surface area contributed by atoms with Crippen LogP contribution in [0.3, 0.4) is 0 Å². The van der Waals surface area contributed by atoms with Crippen molar-refractivity contribution in [1.82, 2.24) is 10.2 Å². The molecule has 2 fully saturated rings. The van der Waals surface area contributed by atoms with Gasteiger partial charge >= 0.3 is 0 Å². The second-order valence-corrected chi connectivity index (χ2v) is 5.87. The Bertz CT molecular complexity index is 276. The van der Waals surface area contributed by atoms with Gasteiger partial charge in [-0.2, -0.15) is 5.26 Å². The smallest absolute Gasteiger partial charge is 0.0672 e. The van der Waals surface area contributed by atoms with Crippen LogP contribution in [0.25, 0.3) is 0 Å². The minimum atomic E-state index is 0.253. The molecule has 0 aromatic carbocycles. The van der Waals surface area contributed by atoms with Crippen LogP contribution in [0.4, 0.5) is 0 Å². The van der Waals surface area contributed by atoms with Gasteiger partial charge in [-0.05, 0) is 58.7 Å². The summed E-state index contributed by atoms with van der Waals surface area (Å²) in [6.45, 7) is 4.76. The summed E-state index contributed by atoms with van der Waals surface area (Å²) in [4.78, 5) is 2.41. The average molecular weight is 235 g/mol. The number of nitrogens with zero attached hydrogens (tertiary/aromatic N) is 2. The van der Waals surface area contributed by atoms with Gasteiger partial charge in [-0.25, -0.2) is 0 Å². The van der Waals surface area contributed by atoms with E-state index in [9.17, 15) is 0 Å². The predicted molar refractivity (Wildman–Crippen MR) is 69.6 cm³/mol. The van der Waals surface area contributed by atoms with Crippen molar-refractivity contribution >= 4 is 0 Å². The first-order chi connectivity index (χ1) is 8.20. The molecule has 3 unspecified atom stereocenters. The van der Waals surface area contributed by atoms with Crippen LogP contribution in [0.2, 0.25) is 0 Å². The normalized spacial score (nSPS) is 33.5. The standard InChI is InChI=1S/C14H25N3/c1-11(12-6-8-17(2)9-7-12)16-14-5-3-4-13(14)10-15/h11-14,16H,3-9H2,1-2H3. The summed E-state index contributed by atoms with van der Waals surface area (Å²) in [6.07, 6.45) is 6.10. The van der Waals surface area contributed by atoms with Gasteiger partial charge in [-0.1, -0.05) is 6.42 Å². The highest BCUT2D eigenvalue weighted by Crippen LogP contribution is 2.27. The van der Waals surface area contributed by atoms with Crippen LogP contribution >= 0.6 is 0 Å². The van der Waals surface area contributed by atoms with Gasteiger partial charge in [0, 0.05) is 12.1 Å². The van der Waals surface area contributed by atoms with E-state index in [1.165, 1.54) is 38.8 Å². The van der Waals surface area contributed by atoms with Crippen molar-refractivity contribution in [2.75, 3.05) is 20.1 Å². The number of hydrogen-bond acceptors (Lipinski definition) is 3. The maximum absolute atomic E-state index is 9.10. The SMILES string of the molecule is CC(NC1CCCC1C#N)C1CCN(C)CC1. The van der Waals surface area contributed by atoms with Gasteiger partial charge in [0.25, 0.3) is 0 Å². The Morgan fingerprint density at radius 3 is 2.59 bits per heavy atom. The van der Waals surface area contributed by atoms with E-state index >= 15 is 0 Å². The Labute approximate surface area is 105 Å². The zero-order chi connectivity index (χ0) is 12.3. The van der Waals surface area contributed by atoms with E-state index in [-0.39, 0.29) is 5.92 Å². The van der Waals surface area contributed by atoms with Gasteiger partial charge in [-0.15, -0.1) is 0 Å². The van der Waals surface area contributed by atoms with Crippen LogP contribution in [0.15, 0.2) is 0 Å². The summed E-state index contributed by atoms with van der Waals surface area (Å²) in [5, 5.41) is 12.8. The lowest BCUT2D eigenvalue weighted by atomic mass is 9.89. The highest BCUT2D eigenvalue weighted by atomic mass is 15.1. The fourth-order valence-electron chi connectivity index (χ4n) is 3.32. The largest absolute Gasteiger partial charge is 0.310 e. The molecular formula is C14H25N3. The minimum absolute atomic E-state index is 0.253. The molecule has 1 aliphatic carbocycles. The van der Waals surface area contributed by atoms with Crippen molar-refractivity contribution in [3.63, 3.8) is 0 Å². The Hall–Kier alpha value is -0.590. The second-order valence-electron chi connectivity index (χ2n) is 5.87. The molecule has 0 amide bonds. The van der Waals surface area contributed by atoms with E-state index in [1.807, 2.05) is 0 Å². The molecule has 1 heterocycles. The average Bonchev–Trinajstić information content (AvgIpc) is 2.77. The monoisotopic (exact) mass is 235 g/mol. The number of rotatable bonds is 3. The van der Waals surface area contributed by atoms with E-state index in [4.69, 9.17) is 5.26 Å². The first-order valence-electron chi connectivity index (χ1n) is 7.05. The van der Waals surface area contributed by atoms with Crippen molar-refractivity contribution in [3.05, 3.63) is 0 Å². The maximum Gasteiger partial charge on any atom is 0.0672 e. The summed E-state index contributed by atoms with van der Waals surface area (Å²) < 4.78 is 0. The molecule has 0 bridgehead atoms. The molecule has 0 radical (unpaired) electrons. The molecule has 1 aliphatic heterocycles. The fourth-order valence-corrected chi connectivity index (χ4v) is 3.32. The Morgan fingerprint density at radius 1 is 1.24 bits per heavy atom. The summed E-state index contributed by atoms with van der Waals surface area (Å²) in [6, 6.07) is 3.48. The molecule has 0 aromatic rings. The van der Waals surface area contributed by atoms with Gasteiger partial charge in [-0.3, -0.25) is 0 Å². The van der Waals surface area contributed by atoms with Crippen molar-refractivity contribution < 1.29 is 0 Å². The Balaban J connectivity index is 1.80. The van der Waals surface area contributed by atoms with Crippen LogP contribution < -0.4 is 5.32 Å². The third-order valence-corrected chi connectivity index (χ3v) is 4.63. The van der Waals surface area contributed by atoms with Gasteiger partial charge in [0.2, 0.25) is 0 Å². The van der Waals surface area contributed by atoms with Gasteiger partial charge < -0.3 is 10.2 Å². The van der Waals surface area contributed by atoms with Crippen LogP contribution in [-0.4, -0.2) is 37.1 Å². The minimum Gasteiger partial charge on any atom is -0.310 e. The molecule has 0 spiro atoms. The van der Waals surface area contributed by atoms with Crippen molar-refractivity contribution in [1.29, 1.82) is 5.26 Å². The summed E-state index contributed by atoms with van der Waals surface area (Å²) in [7, 11) is 2.21. The molecule has 1 saturated carbocycles. The van der Waals surface area contributed by atoms with Gasteiger partial charge in [0.1, 0.15) is 0 Å². The molecule has 3 heteroatoms. The molecule has 3 atom stereocenters. The maximum atomic E-state index is 9.10. The molecule has 2 aliphatic rings. The van der Waals surface area contributed by atoms with Crippen LogP contribution in [0.5, 0.6) is 0 Å². The lowest BCUT2D eigenvalue weighted by Crippen LogP contribution is -2.45. The first-order valence-corrected chi connectivity index (χ1v) is 7.05. The van der Waals surface area contributed by atoms with E-state index in [0.29, 0.717) is 12.1 Å². The quantitative estimate of drug-likeness (QED) is 0.813. The van der Waals surface area contributed by atoms with Crippen LogP contribution in [-0.2, 0) is 0 Å². The zero-order valence-electron chi connectivity index (χ0n) is 11.2. The van der Waals surface area contributed by atoms with E-state index in [0.717, 1.165) is 12.3 Å². The van der Waals surface area contributed by atoms with Crippen LogP contribution in [0.1, 0.15) is 39.0 Å². The molecule has 3 nitrogen and oxygen atoms in total. The van der Waals surface area contributed by atoms with Gasteiger partial charge in [0.15, 0.2) is 0 Å². The van der Waals surface area contributed by atoms with Crippen molar-refractivity contribution in [2.24, 2.45) is 11.8 Å². The zero-order valence-corrected chi connectivity index (χ0v) is 11.2. The Kier molecular flexibility index (Phi) is 4.42. The first kappa shape index (κ1) is 12.9.